The number of aliphatic hydroxyl groups excluding tert-OH is 1. The predicted octanol–water partition coefficient (Wildman–Crippen LogP) is 0.796. The molecule has 0 fully saturated rings. The standard InChI is InChI=1S/C8H19NO2S/c1-7(4-3-5-10)6-8(2)12(9)11/h7-8,10H,3-6,9H2,1-2H3. The van der Waals surface area contributed by atoms with E-state index in [1.165, 1.54) is 0 Å². The lowest BCUT2D eigenvalue weighted by Gasteiger charge is -2.14. The van der Waals surface area contributed by atoms with Crippen LogP contribution >= 0.6 is 0 Å². The Bertz CT molecular complexity index is 141. The van der Waals surface area contributed by atoms with Gasteiger partial charge in [-0.05, 0) is 32.1 Å². The molecule has 0 radical (unpaired) electrons. The fourth-order valence-electron chi connectivity index (χ4n) is 1.22. The summed E-state index contributed by atoms with van der Waals surface area (Å²) in [5, 5.41) is 13.9. The van der Waals surface area contributed by atoms with Crippen LogP contribution in [0.4, 0.5) is 0 Å². The Kier molecular flexibility index (Phi) is 6.61. The lowest BCUT2D eigenvalue weighted by atomic mass is 10.0. The highest BCUT2D eigenvalue weighted by Crippen LogP contribution is 2.14. The smallest absolute Gasteiger partial charge is 0.0916 e. The number of nitrogens with two attached hydrogens (primary N) is 1. The van der Waals surface area contributed by atoms with Crippen molar-refractivity contribution in [2.75, 3.05) is 6.61 Å². The normalized spacial score (nSPS) is 18.7. The molecule has 3 unspecified atom stereocenters. The van der Waals surface area contributed by atoms with Crippen LogP contribution < -0.4 is 5.14 Å². The first-order valence-electron chi connectivity index (χ1n) is 4.33. The van der Waals surface area contributed by atoms with E-state index in [4.69, 9.17) is 10.2 Å². The van der Waals surface area contributed by atoms with Gasteiger partial charge in [0.15, 0.2) is 0 Å². The Hall–Kier alpha value is 0.0700. The lowest BCUT2D eigenvalue weighted by molar-refractivity contribution is 0.271. The summed E-state index contributed by atoms with van der Waals surface area (Å²) in [6.45, 7) is 4.23. The van der Waals surface area contributed by atoms with E-state index >= 15 is 0 Å². The molecule has 0 bridgehead atoms. The van der Waals surface area contributed by atoms with E-state index in [0.29, 0.717) is 5.92 Å². The largest absolute Gasteiger partial charge is 0.396 e. The van der Waals surface area contributed by atoms with Gasteiger partial charge in [0.25, 0.3) is 0 Å². The molecular formula is C8H19NO2S. The zero-order valence-corrected chi connectivity index (χ0v) is 8.64. The van der Waals surface area contributed by atoms with E-state index in [1.807, 2.05) is 6.92 Å². The van der Waals surface area contributed by atoms with Gasteiger partial charge in [0.1, 0.15) is 0 Å². The van der Waals surface area contributed by atoms with Crippen molar-refractivity contribution in [2.24, 2.45) is 11.1 Å². The van der Waals surface area contributed by atoms with Crippen molar-refractivity contribution >= 4 is 11.0 Å². The Morgan fingerprint density at radius 3 is 2.50 bits per heavy atom. The molecule has 0 rings (SSSR count). The van der Waals surface area contributed by atoms with E-state index in [1.54, 1.807) is 0 Å². The average Bonchev–Trinajstić information content (AvgIpc) is 2.00. The molecule has 0 aromatic rings. The molecule has 0 aromatic carbocycles. The molecule has 74 valence electrons. The van der Waals surface area contributed by atoms with E-state index in [-0.39, 0.29) is 11.9 Å². The summed E-state index contributed by atoms with van der Waals surface area (Å²) in [7, 11) is -1.20. The molecule has 0 aliphatic heterocycles. The molecule has 0 amide bonds. The van der Waals surface area contributed by atoms with Gasteiger partial charge in [-0.1, -0.05) is 6.92 Å². The number of aliphatic hydroxyl groups is 1. The molecule has 3 atom stereocenters. The van der Waals surface area contributed by atoms with Crippen LogP contribution in [-0.2, 0) is 11.0 Å². The number of rotatable bonds is 6. The van der Waals surface area contributed by atoms with Crippen molar-refractivity contribution in [2.45, 2.75) is 38.4 Å². The molecule has 12 heavy (non-hydrogen) atoms. The summed E-state index contributed by atoms with van der Waals surface area (Å²) in [6.07, 6.45) is 2.69. The third-order valence-electron chi connectivity index (χ3n) is 1.99. The van der Waals surface area contributed by atoms with E-state index < -0.39 is 11.0 Å². The average molecular weight is 193 g/mol. The van der Waals surface area contributed by atoms with Crippen molar-refractivity contribution in [3.63, 3.8) is 0 Å². The topological polar surface area (TPSA) is 63.3 Å². The molecule has 0 aliphatic carbocycles. The third-order valence-corrected chi connectivity index (χ3v) is 2.97. The van der Waals surface area contributed by atoms with Gasteiger partial charge in [-0.15, -0.1) is 0 Å². The SMILES string of the molecule is CC(CCCO)CC(C)S(N)=O. The van der Waals surface area contributed by atoms with Crippen molar-refractivity contribution in [1.29, 1.82) is 0 Å². The molecule has 0 saturated carbocycles. The first-order chi connectivity index (χ1) is 5.57. The molecule has 3 nitrogen and oxygen atoms in total. The van der Waals surface area contributed by atoms with Crippen molar-refractivity contribution in [1.82, 2.24) is 0 Å². The highest BCUT2D eigenvalue weighted by Gasteiger charge is 2.11. The molecule has 0 aliphatic rings. The molecule has 4 heteroatoms. The van der Waals surface area contributed by atoms with Gasteiger partial charge in [-0.2, -0.15) is 0 Å². The second kappa shape index (κ2) is 6.57. The van der Waals surface area contributed by atoms with Gasteiger partial charge < -0.3 is 5.11 Å². The van der Waals surface area contributed by atoms with E-state index in [0.717, 1.165) is 19.3 Å². The van der Waals surface area contributed by atoms with Gasteiger partial charge in [-0.3, -0.25) is 5.14 Å². The van der Waals surface area contributed by atoms with Gasteiger partial charge in [-0.25, -0.2) is 4.21 Å². The summed E-state index contributed by atoms with van der Waals surface area (Å²) < 4.78 is 10.8. The quantitative estimate of drug-likeness (QED) is 0.655. The minimum Gasteiger partial charge on any atom is -0.396 e. The third kappa shape index (κ3) is 5.69. The molecule has 0 heterocycles. The van der Waals surface area contributed by atoms with Gasteiger partial charge in [0, 0.05) is 11.9 Å². The maximum atomic E-state index is 10.8. The van der Waals surface area contributed by atoms with Crippen LogP contribution in [0.25, 0.3) is 0 Å². The van der Waals surface area contributed by atoms with Crippen LogP contribution in [0.1, 0.15) is 33.1 Å². The van der Waals surface area contributed by atoms with Crippen LogP contribution in [0.3, 0.4) is 0 Å². The van der Waals surface area contributed by atoms with Crippen LogP contribution in [0.5, 0.6) is 0 Å². The van der Waals surface area contributed by atoms with Crippen LogP contribution in [-0.4, -0.2) is 21.2 Å². The van der Waals surface area contributed by atoms with Gasteiger partial charge >= 0.3 is 0 Å². The maximum absolute atomic E-state index is 10.8. The number of hydrogen-bond acceptors (Lipinski definition) is 2. The second-order valence-corrected chi connectivity index (χ2v) is 4.81. The summed E-state index contributed by atoms with van der Waals surface area (Å²) in [4.78, 5) is 0. The maximum Gasteiger partial charge on any atom is 0.0916 e. The molecular weight excluding hydrogens is 174 g/mol. The van der Waals surface area contributed by atoms with Crippen LogP contribution in [0.2, 0.25) is 0 Å². The van der Waals surface area contributed by atoms with Crippen LogP contribution in [0.15, 0.2) is 0 Å². The monoisotopic (exact) mass is 193 g/mol. The summed E-state index contributed by atoms with van der Waals surface area (Å²) in [5.41, 5.74) is 0. The van der Waals surface area contributed by atoms with Crippen molar-refractivity contribution in [3.05, 3.63) is 0 Å². The van der Waals surface area contributed by atoms with E-state index in [2.05, 4.69) is 6.92 Å². The highest BCUT2D eigenvalue weighted by molar-refractivity contribution is 7.83. The molecule has 0 spiro atoms. The predicted molar refractivity (Wildman–Crippen MR) is 51.9 cm³/mol. The highest BCUT2D eigenvalue weighted by atomic mass is 32.2. The van der Waals surface area contributed by atoms with Gasteiger partial charge in [0.2, 0.25) is 0 Å². The zero-order chi connectivity index (χ0) is 9.56. The summed E-state index contributed by atoms with van der Waals surface area (Å²) in [6, 6.07) is 0. The zero-order valence-electron chi connectivity index (χ0n) is 7.82. The number of hydrogen-bond donors (Lipinski definition) is 2. The fraction of sp³-hybridized carbons (Fsp3) is 1.00. The molecule has 0 saturated heterocycles. The minimum atomic E-state index is -1.20. The Morgan fingerprint density at radius 2 is 2.08 bits per heavy atom. The second-order valence-electron chi connectivity index (χ2n) is 3.35. The first kappa shape index (κ1) is 12.1. The van der Waals surface area contributed by atoms with E-state index in [9.17, 15) is 4.21 Å². The lowest BCUT2D eigenvalue weighted by Crippen LogP contribution is -2.20. The van der Waals surface area contributed by atoms with Crippen molar-refractivity contribution < 1.29 is 9.32 Å². The molecule has 3 N–H and O–H groups in total. The fourth-order valence-corrected chi connectivity index (χ4v) is 1.74. The minimum absolute atomic E-state index is 0.0682. The first-order valence-corrected chi connectivity index (χ1v) is 5.61. The van der Waals surface area contributed by atoms with Gasteiger partial charge in [0.05, 0.1) is 11.0 Å². The Labute approximate surface area is 76.9 Å². The molecule has 0 aromatic heterocycles. The Morgan fingerprint density at radius 1 is 1.50 bits per heavy atom. The van der Waals surface area contributed by atoms with Crippen LogP contribution in [0, 0.1) is 5.92 Å². The summed E-state index contributed by atoms with van der Waals surface area (Å²) in [5.74, 6) is 0.500. The van der Waals surface area contributed by atoms with Crippen molar-refractivity contribution in [3.8, 4) is 0 Å². The Balaban J connectivity index is 3.53. The summed E-state index contributed by atoms with van der Waals surface area (Å²) >= 11 is 0.